The fourth-order valence-corrected chi connectivity index (χ4v) is 4.30. The molecule has 1 aliphatic carbocycles. The predicted molar refractivity (Wildman–Crippen MR) is 131 cm³/mol. The van der Waals surface area contributed by atoms with E-state index in [0.717, 1.165) is 25.7 Å². The quantitative estimate of drug-likeness (QED) is 0.363. The molecule has 1 amide bonds. The van der Waals surface area contributed by atoms with Gasteiger partial charge < -0.3 is 15.8 Å². The number of anilines is 2. The number of H-pyrrole nitrogens is 1. The van der Waals surface area contributed by atoms with E-state index in [1.54, 1.807) is 36.4 Å². The SMILES string of the molecule is C=CC(=O)Nc1ccc(-n2nc3c(=O)[nH]nc(N)c3c2-c2ccc(OC3CCCC3)c(F)c2)cc1. The molecule has 1 fully saturated rings. The summed E-state index contributed by atoms with van der Waals surface area (Å²) in [5.74, 6) is -0.622. The van der Waals surface area contributed by atoms with Crippen molar-refractivity contribution in [1.82, 2.24) is 20.0 Å². The third-order valence-corrected chi connectivity index (χ3v) is 6.00. The number of rotatable bonds is 6. The number of nitrogens with zero attached hydrogens (tertiary/aromatic N) is 3. The second-order valence-electron chi connectivity index (χ2n) is 8.33. The largest absolute Gasteiger partial charge is 0.487 e. The minimum absolute atomic E-state index is 0.0141. The number of halogens is 1. The Morgan fingerprint density at radius 1 is 1.23 bits per heavy atom. The summed E-state index contributed by atoms with van der Waals surface area (Å²) in [6.07, 6.45) is 5.15. The van der Waals surface area contributed by atoms with Crippen molar-refractivity contribution in [3.05, 3.63) is 71.3 Å². The monoisotopic (exact) mass is 474 g/mol. The van der Waals surface area contributed by atoms with Crippen molar-refractivity contribution in [1.29, 1.82) is 0 Å². The van der Waals surface area contributed by atoms with Gasteiger partial charge in [0.25, 0.3) is 5.56 Å². The van der Waals surface area contributed by atoms with Gasteiger partial charge in [-0.3, -0.25) is 9.59 Å². The summed E-state index contributed by atoms with van der Waals surface area (Å²) in [5.41, 5.74) is 7.64. The number of hydrogen-bond acceptors (Lipinski definition) is 6. The fraction of sp³-hybridized carbons (Fsp3) is 0.200. The van der Waals surface area contributed by atoms with Crippen molar-refractivity contribution in [3.63, 3.8) is 0 Å². The highest BCUT2D eigenvalue weighted by molar-refractivity contribution is 6.00. The normalized spacial score (nSPS) is 13.7. The van der Waals surface area contributed by atoms with Gasteiger partial charge in [0.05, 0.1) is 22.9 Å². The second kappa shape index (κ2) is 9.05. The zero-order valence-electron chi connectivity index (χ0n) is 18.8. The van der Waals surface area contributed by atoms with E-state index in [1.807, 2.05) is 0 Å². The van der Waals surface area contributed by atoms with Crippen molar-refractivity contribution in [2.24, 2.45) is 0 Å². The van der Waals surface area contributed by atoms with Crippen LogP contribution in [0.15, 0.2) is 59.9 Å². The van der Waals surface area contributed by atoms with Crippen LogP contribution in [0.5, 0.6) is 5.75 Å². The first-order valence-electron chi connectivity index (χ1n) is 11.2. The highest BCUT2D eigenvalue weighted by Gasteiger charge is 2.23. The molecule has 0 bridgehead atoms. The summed E-state index contributed by atoms with van der Waals surface area (Å²) in [6, 6.07) is 11.4. The Bertz CT molecular complexity index is 1490. The highest BCUT2D eigenvalue weighted by Crippen LogP contribution is 2.35. The zero-order chi connectivity index (χ0) is 24.5. The Morgan fingerprint density at radius 2 is 1.97 bits per heavy atom. The van der Waals surface area contributed by atoms with Crippen LogP contribution in [0.3, 0.4) is 0 Å². The third-order valence-electron chi connectivity index (χ3n) is 6.00. The molecule has 0 spiro atoms. The van der Waals surface area contributed by atoms with E-state index in [9.17, 15) is 9.59 Å². The van der Waals surface area contributed by atoms with Gasteiger partial charge in [0.1, 0.15) is 0 Å². The molecule has 1 aliphatic rings. The number of aromatic nitrogens is 4. The van der Waals surface area contributed by atoms with E-state index in [4.69, 9.17) is 10.5 Å². The van der Waals surface area contributed by atoms with Gasteiger partial charge in [-0.15, -0.1) is 0 Å². The molecule has 2 aromatic heterocycles. The molecule has 0 radical (unpaired) electrons. The summed E-state index contributed by atoms with van der Waals surface area (Å²) in [6.45, 7) is 3.43. The second-order valence-corrected chi connectivity index (χ2v) is 8.33. The first-order valence-corrected chi connectivity index (χ1v) is 11.2. The van der Waals surface area contributed by atoms with Crippen LogP contribution in [0.25, 0.3) is 27.8 Å². The number of ether oxygens (including phenoxy) is 1. The van der Waals surface area contributed by atoms with Gasteiger partial charge in [0, 0.05) is 11.3 Å². The van der Waals surface area contributed by atoms with Gasteiger partial charge in [-0.1, -0.05) is 6.58 Å². The molecule has 2 heterocycles. The number of amides is 1. The van der Waals surface area contributed by atoms with Crippen LogP contribution in [0.2, 0.25) is 0 Å². The minimum atomic E-state index is -0.522. The van der Waals surface area contributed by atoms with Crippen LogP contribution >= 0.6 is 0 Å². The first kappa shape index (κ1) is 22.3. The number of nitrogen functional groups attached to an aromatic ring is 1. The van der Waals surface area contributed by atoms with Crippen LogP contribution in [0.4, 0.5) is 15.9 Å². The lowest BCUT2D eigenvalue weighted by atomic mass is 10.1. The van der Waals surface area contributed by atoms with Crippen LogP contribution in [-0.4, -0.2) is 32.0 Å². The topological polar surface area (TPSA) is 128 Å². The number of hydrogen-bond donors (Lipinski definition) is 3. The van der Waals surface area contributed by atoms with E-state index >= 15 is 4.39 Å². The molecule has 0 saturated heterocycles. The van der Waals surface area contributed by atoms with Gasteiger partial charge in [0.15, 0.2) is 22.9 Å². The maximum absolute atomic E-state index is 15.1. The van der Waals surface area contributed by atoms with Crippen LogP contribution in [0, 0.1) is 5.82 Å². The van der Waals surface area contributed by atoms with Gasteiger partial charge >= 0.3 is 0 Å². The highest BCUT2D eigenvalue weighted by atomic mass is 19.1. The number of carbonyl (C=O) groups excluding carboxylic acids is 1. The Labute approximate surface area is 199 Å². The fourth-order valence-electron chi connectivity index (χ4n) is 4.30. The zero-order valence-corrected chi connectivity index (χ0v) is 18.8. The third kappa shape index (κ3) is 4.25. The van der Waals surface area contributed by atoms with Gasteiger partial charge in [-0.2, -0.15) is 10.2 Å². The average Bonchev–Trinajstić information content (AvgIpc) is 3.52. The van der Waals surface area contributed by atoms with Gasteiger partial charge in [-0.05, 0) is 74.2 Å². The molecular weight excluding hydrogens is 451 g/mol. The lowest BCUT2D eigenvalue weighted by Gasteiger charge is -2.15. The van der Waals surface area contributed by atoms with E-state index in [0.29, 0.717) is 28.0 Å². The summed E-state index contributed by atoms with van der Waals surface area (Å²) < 4.78 is 22.4. The van der Waals surface area contributed by atoms with Crippen LogP contribution in [-0.2, 0) is 4.79 Å². The molecule has 0 atom stereocenters. The maximum Gasteiger partial charge on any atom is 0.292 e. The van der Waals surface area contributed by atoms with E-state index in [-0.39, 0.29) is 29.1 Å². The first-order chi connectivity index (χ1) is 16.9. The molecule has 178 valence electrons. The smallest absolute Gasteiger partial charge is 0.292 e. The van der Waals surface area contributed by atoms with Crippen molar-refractivity contribution >= 4 is 28.3 Å². The molecule has 1 saturated carbocycles. The molecule has 10 heteroatoms. The Hall–Kier alpha value is -4.47. The minimum Gasteiger partial charge on any atom is -0.487 e. The van der Waals surface area contributed by atoms with E-state index in [1.165, 1.54) is 16.8 Å². The lowest BCUT2D eigenvalue weighted by molar-refractivity contribution is -0.111. The number of nitrogens with two attached hydrogens (primary N) is 1. The number of benzene rings is 2. The Kier molecular flexibility index (Phi) is 5.77. The molecular formula is C25H23FN6O3. The number of fused-ring (bicyclic) bond motifs is 1. The molecule has 35 heavy (non-hydrogen) atoms. The number of nitrogens with one attached hydrogen (secondary N) is 2. The van der Waals surface area contributed by atoms with Crippen molar-refractivity contribution in [3.8, 4) is 22.7 Å². The van der Waals surface area contributed by atoms with Crippen molar-refractivity contribution in [2.45, 2.75) is 31.8 Å². The van der Waals surface area contributed by atoms with Crippen LogP contribution < -0.4 is 21.3 Å². The standard InChI is InChI=1S/C25H23FN6O3/c1-2-20(33)28-15-8-10-16(11-9-15)32-23(21-22(31-32)25(34)30-29-24(21)27)14-7-12-19(18(26)13-14)35-17-5-3-4-6-17/h2,7-13,17H,1,3-6H2,(H2,27,29)(H,28,33)(H,30,34). The summed E-state index contributed by atoms with van der Waals surface area (Å²) in [5, 5.41) is 13.6. The predicted octanol–water partition coefficient (Wildman–Crippen LogP) is 3.94. The maximum atomic E-state index is 15.1. The average molecular weight is 474 g/mol. The number of aromatic amines is 1. The molecule has 9 nitrogen and oxygen atoms in total. The molecule has 5 rings (SSSR count). The van der Waals surface area contributed by atoms with Gasteiger partial charge in [-0.25, -0.2) is 14.2 Å². The molecule has 2 aromatic carbocycles. The Balaban J connectivity index is 1.62. The van der Waals surface area contributed by atoms with E-state index < -0.39 is 11.4 Å². The summed E-state index contributed by atoms with van der Waals surface area (Å²) in [4.78, 5) is 24.1. The summed E-state index contributed by atoms with van der Waals surface area (Å²) >= 11 is 0. The van der Waals surface area contributed by atoms with Crippen LogP contribution in [0.1, 0.15) is 25.7 Å². The van der Waals surface area contributed by atoms with E-state index in [2.05, 4.69) is 27.2 Å². The van der Waals surface area contributed by atoms with Crippen molar-refractivity contribution in [2.75, 3.05) is 11.1 Å². The molecule has 4 N–H and O–H groups in total. The molecule has 4 aromatic rings. The summed E-state index contributed by atoms with van der Waals surface area (Å²) in [7, 11) is 0. The molecule has 0 aliphatic heterocycles. The van der Waals surface area contributed by atoms with Crippen molar-refractivity contribution < 1.29 is 13.9 Å². The molecule has 0 unspecified atom stereocenters. The van der Waals surface area contributed by atoms with Gasteiger partial charge in [0.2, 0.25) is 5.91 Å². The number of carbonyl (C=O) groups is 1. The Morgan fingerprint density at radius 3 is 2.66 bits per heavy atom. The lowest BCUT2D eigenvalue weighted by Crippen LogP contribution is -2.12.